The van der Waals surface area contributed by atoms with Gasteiger partial charge in [0.1, 0.15) is 12.1 Å². The molecule has 0 aliphatic heterocycles. The molecular weight excluding hydrogens is 300 g/mol. The molecule has 0 spiro atoms. The van der Waals surface area contributed by atoms with E-state index in [2.05, 4.69) is 18.2 Å². The van der Waals surface area contributed by atoms with E-state index in [1.807, 2.05) is 0 Å². The Bertz CT molecular complexity index is 425. The van der Waals surface area contributed by atoms with Gasteiger partial charge in [-0.3, -0.25) is 9.69 Å². The number of hydrogen-bond donors (Lipinski definition) is 0. The van der Waals surface area contributed by atoms with E-state index in [4.69, 9.17) is 4.74 Å². The summed E-state index contributed by atoms with van der Waals surface area (Å²) >= 11 is 0. The Morgan fingerprint density at radius 3 is 2.22 bits per heavy atom. The molecule has 0 aliphatic carbocycles. The predicted octanol–water partition coefficient (Wildman–Crippen LogP) is 2.17. The van der Waals surface area contributed by atoms with Crippen molar-refractivity contribution in [2.24, 2.45) is 0 Å². The molecule has 0 saturated heterocycles. The van der Waals surface area contributed by atoms with Gasteiger partial charge < -0.3 is 14.4 Å². The summed E-state index contributed by atoms with van der Waals surface area (Å²) in [5, 5.41) is 0. The van der Waals surface area contributed by atoms with Gasteiger partial charge in [-0.2, -0.15) is 0 Å². The normalized spacial score (nSPS) is 12.7. The van der Waals surface area contributed by atoms with Crippen LogP contribution < -0.4 is 0 Å². The quantitative estimate of drug-likeness (QED) is 0.368. The van der Waals surface area contributed by atoms with Crippen LogP contribution in [0.2, 0.25) is 0 Å². The first-order chi connectivity index (χ1) is 10.8. The average Bonchev–Trinajstić information content (AvgIpc) is 2.55. The zero-order valence-corrected chi connectivity index (χ0v) is 14.7. The highest BCUT2D eigenvalue weighted by Crippen LogP contribution is 2.08. The molecule has 2 unspecified atom stereocenters. The fourth-order valence-corrected chi connectivity index (χ4v) is 1.77. The minimum Gasteiger partial charge on any atom is -0.464 e. The van der Waals surface area contributed by atoms with E-state index in [1.165, 1.54) is 19.0 Å². The number of hydrogen-bond acceptors (Lipinski definition) is 5. The SMILES string of the molecule is C=COC(=O)N(C)C(C)C(=O)N(C)C(C)C(=O)OCCCCC. The van der Waals surface area contributed by atoms with Crippen molar-refractivity contribution in [3.05, 3.63) is 12.8 Å². The van der Waals surface area contributed by atoms with Crippen molar-refractivity contribution in [1.82, 2.24) is 9.80 Å². The second-order valence-corrected chi connectivity index (χ2v) is 5.34. The van der Waals surface area contributed by atoms with Crippen LogP contribution in [0.1, 0.15) is 40.0 Å². The van der Waals surface area contributed by atoms with Gasteiger partial charge in [-0.05, 0) is 20.3 Å². The lowest BCUT2D eigenvalue weighted by Crippen LogP contribution is -2.51. The van der Waals surface area contributed by atoms with Crippen molar-refractivity contribution in [1.29, 1.82) is 0 Å². The molecule has 7 nitrogen and oxygen atoms in total. The van der Waals surface area contributed by atoms with Gasteiger partial charge >= 0.3 is 12.1 Å². The minimum atomic E-state index is -0.775. The Balaban J connectivity index is 4.58. The molecule has 0 bridgehead atoms. The van der Waals surface area contributed by atoms with Crippen LogP contribution in [0, 0.1) is 0 Å². The maximum Gasteiger partial charge on any atom is 0.415 e. The standard InChI is InChI=1S/C16H28N2O5/c1-7-9-10-11-23-15(20)13(4)17(5)14(19)12(3)18(6)16(21)22-8-2/h8,12-13H,2,7,9-11H2,1,3-6H3. The summed E-state index contributed by atoms with van der Waals surface area (Å²) in [5.74, 6) is -0.841. The average molecular weight is 328 g/mol. The van der Waals surface area contributed by atoms with Crippen molar-refractivity contribution < 1.29 is 23.9 Å². The highest BCUT2D eigenvalue weighted by Gasteiger charge is 2.31. The highest BCUT2D eigenvalue weighted by atomic mass is 16.5. The van der Waals surface area contributed by atoms with Crippen molar-refractivity contribution in [2.75, 3.05) is 20.7 Å². The Morgan fingerprint density at radius 1 is 1.09 bits per heavy atom. The monoisotopic (exact) mass is 328 g/mol. The van der Waals surface area contributed by atoms with E-state index < -0.39 is 24.1 Å². The molecule has 0 saturated carbocycles. The summed E-state index contributed by atoms with van der Waals surface area (Å²) in [5.41, 5.74) is 0. The third-order valence-electron chi connectivity index (χ3n) is 3.67. The number of nitrogens with zero attached hydrogens (tertiary/aromatic N) is 2. The van der Waals surface area contributed by atoms with Crippen LogP contribution in [-0.4, -0.2) is 60.6 Å². The maximum atomic E-state index is 12.4. The number of carbonyl (C=O) groups is 3. The molecule has 0 heterocycles. The van der Waals surface area contributed by atoms with Crippen LogP contribution in [0.25, 0.3) is 0 Å². The van der Waals surface area contributed by atoms with E-state index in [0.29, 0.717) is 6.61 Å². The third-order valence-corrected chi connectivity index (χ3v) is 3.67. The van der Waals surface area contributed by atoms with E-state index >= 15 is 0 Å². The van der Waals surface area contributed by atoms with E-state index in [1.54, 1.807) is 13.8 Å². The van der Waals surface area contributed by atoms with Gasteiger partial charge in [0.05, 0.1) is 12.9 Å². The number of rotatable bonds is 9. The number of carbonyl (C=O) groups excluding carboxylic acids is 3. The molecule has 0 aliphatic rings. The van der Waals surface area contributed by atoms with Crippen LogP contribution in [0.3, 0.4) is 0 Å². The molecule has 132 valence electrons. The topological polar surface area (TPSA) is 76.2 Å². The lowest BCUT2D eigenvalue weighted by molar-refractivity contribution is -0.154. The lowest BCUT2D eigenvalue weighted by Gasteiger charge is -2.30. The van der Waals surface area contributed by atoms with Crippen LogP contribution in [-0.2, 0) is 19.1 Å². The van der Waals surface area contributed by atoms with Gasteiger partial charge in [-0.25, -0.2) is 9.59 Å². The maximum absolute atomic E-state index is 12.4. The fraction of sp³-hybridized carbons (Fsp3) is 0.688. The Hall–Kier alpha value is -2.05. The highest BCUT2D eigenvalue weighted by molar-refractivity contribution is 5.89. The van der Waals surface area contributed by atoms with Gasteiger partial charge in [-0.1, -0.05) is 26.3 Å². The predicted molar refractivity (Wildman–Crippen MR) is 86.6 cm³/mol. The number of ether oxygens (including phenoxy) is 2. The first-order valence-corrected chi connectivity index (χ1v) is 7.75. The fourth-order valence-electron chi connectivity index (χ4n) is 1.77. The summed E-state index contributed by atoms with van der Waals surface area (Å²) in [7, 11) is 2.94. The number of amides is 2. The van der Waals surface area contributed by atoms with Crippen molar-refractivity contribution in [3.63, 3.8) is 0 Å². The zero-order valence-electron chi connectivity index (χ0n) is 14.7. The molecule has 0 radical (unpaired) electrons. The smallest absolute Gasteiger partial charge is 0.415 e. The second kappa shape index (κ2) is 10.6. The minimum absolute atomic E-state index is 0.347. The molecule has 2 atom stereocenters. The van der Waals surface area contributed by atoms with E-state index in [0.717, 1.165) is 30.4 Å². The van der Waals surface area contributed by atoms with Gasteiger partial charge in [-0.15, -0.1) is 0 Å². The molecule has 23 heavy (non-hydrogen) atoms. The first-order valence-electron chi connectivity index (χ1n) is 7.75. The van der Waals surface area contributed by atoms with Gasteiger partial charge in [0.2, 0.25) is 5.91 Å². The molecule has 2 amide bonds. The van der Waals surface area contributed by atoms with Crippen LogP contribution >= 0.6 is 0 Å². The zero-order chi connectivity index (χ0) is 18.0. The molecule has 0 aromatic heterocycles. The van der Waals surface area contributed by atoms with E-state index in [9.17, 15) is 14.4 Å². The van der Waals surface area contributed by atoms with Crippen LogP contribution in [0.15, 0.2) is 12.8 Å². The summed E-state index contributed by atoms with van der Waals surface area (Å²) in [6.07, 6.45) is 3.14. The number of likely N-dealkylation sites (N-methyl/N-ethyl adjacent to an activating group) is 2. The second-order valence-electron chi connectivity index (χ2n) is 5.34. The molecule has 0 aromatic carbocycles. The lowest BCUT2D eigenvalue weighted by atomic mass is 10.2. The molecule has 0 N–H and O–H groups in total. The Kier molecular flexibility index (Phi) is 9.69. The summed E-state index contributed by atoms with van der Waals surface area (Å²) in [6.45, 7) is 8.85. The van der Waals surface area contributed by atoms with Crippen molar-refractivity contribution in [3.8, 4) is 0 Å². The van der Waals surface area contributed by atoms with Gasteiger partial charge in [0, 0.05) is 14.1 Å². The molecule has 0 rings (SSSR count). The summed E-state index contributed by atoms with van der Waals surface area (Å²) in [4.78, 5) is 38.3. The number of unbranched alkanes of at least 4 members (excludes halogenated alkanes) is 2. The molecule has 0 aromatic rings. The molecule has 0 fully saturated rings. The first kappa shape index (κ1) is 20.9. The number of esters is 1. The Morgan fingerprint density at radius 2 is 1.70 bits per heavy atom. The van der Waals surface area contributed by atoms with Crippen LogP contribution in [0.4, 0.5) is 4.79 Å². The van der Waals surface area contributed by atoms with E-state index in [-0.39, 0.29) is 5.91 Å². The molecule has 7 heteroatoms. The third kappa shape index (κ3) is 6.71. The Labute approximate surface area is 138 Å². The van der Waals surface area contributed by atoms with Crippen molar-refractivity contribution >= 4 is 18.0 Å². The van der Waals surface area contributed by atoms with Gasteiger partial charge in [0.15, 0.2) is 0 Å². The van der Waals surface area contributed by atoms with Crippen LogP contribution in [0.5, 0.6) is 0 Å². The van der Waals surface area contributed by atoms with Crippen molar-refractivity contribution in [2.45, 2.75) is 52.1 Å². The molecular formula is C16H28N2O5. The largest absolute Gasteiger partial charge is 0.464 e. The summed E-state index contributed by atoms with van der Waals surface area (Å²) < 4.78 is 9.78. The van der Waals surface area contributed by atoms with Gasteiger partial charge in [0.25, 0.3) is 0 Å². The summed E-state index contributed by atoms with van der Waals surface area (Å²) in [6, 6.07) is -1.50.